The number of fused-ring (bicyclic) bond motifs is 2. The van der Waals surface area contributed by atoms with Gasteiger partial charge in [0.05, 0.1) is 16.3 Å². The molecule has 0 fully saturated rings. The van der Waals surface area contributed by atoms with Crippen LogP contribution in [-0.4, -0.2) is 44.6 Å². The molecule has 1 aliphatic rings. The molecule has 3 heterocycles. The lowest BCUT2D eigenvalue weighted by atomic mass is 10.1. The molecule has 9 heteroatoms. The molecule has 31 heavy (non-hydrogen) atoms. The van der Waals surface area contributed by atoms with Gasteiger partial charge in [-0.15, -0.1) is 0 Å². The highest BCUT2D eigenvalue weighted by Crippen LogP contribution is 2.42. The van der Waals surface area contributed by atoms with Crippen LogP contribution in [0.25, 0.3) is 16.2 Å². The van der Waals surface area contributed by atoms with Crippen LogP contribution in [0.5, 0.6) is 0 Å². The van der Waals surface area contributed by atoms with Gasteiger partial charge in [-0.1, -0.05) is 32.4 Å². The summed E-state index contributed by atoms with van der Waals surface area (Å²) in [6.07, 6.45) is 6.74. The molecule has 0 saturated carbocycles. The Labute approximate surface area is 191 Å². The second-order valence-electron chi connectivity index (χ2n) is 7.90. The number of aromatic nitrogens is 5. The Morgan fingerprint density at radius 2 is 2.00 bits per heavy atom. The third-order valence-electron chi connectivity index (χ3n) is 5.07. The zero-order valence-electron chi connectivity index (χ0n) is 18.0. The fourth-order valence-corrected chi connectivity index (χ4v) is 4.89. The van der Waals surface area contributed by atoms with Crippen LogP contribution in [0.2, 0.25) is 0 Å². The summed E-state index contributed by atoms with van der Waals surface area (Å²) in [7, 11) is 0. The first-order valence-electron chi connectivity index (χ1n) is 10.5. The van der Waals surface area contributed by atoms with Crippen LogP contribution in [0.3, 0.4) is 0 Å². The van der Waals surface area contributed by atoms with Crippen molar-refractivity contribution in [3.8, 4) is 0 Å². The molecule has 0 amide bonds. The Hall–Kier alpha value is -2.29. The van der Waals surface area contributed by atoms with Crippen LogP contribution in [0.1, 0.15) is 38.4 Å². The maximum Gasteiger partial charge on any atom is 0.194 e. The van der Waals surface area contributed by atoms with Crippen molar-refractivity contribution in [3.63, 3.8) is 0 Å². The molecule has 0 radical (unpaired) electrons. The second-order valence-corrected chi connectivity index (χ2v) is 9.32. The first-order chi connectivity index (χ1) is 15.0. The molecule has 4 rings (SSSR count). The predicted molar refractivity (Wildman–Crippen MR) is 126 cm³/mol. The van der Waals surface area contributed by atoms with E-state index in [4.69, 9.17) is 27.3 Å². The van der Waals surface area contributed by atoms with E-state index in [1.807, 2.05) is 6.07 Å². The van der Waals surface area contributed by atoms with E-state index in [-0.39, 0.29) is 0 Å². The van der Waals surface area contributed by atoms with Crippen LogP contribution in [0.4, 0.5) is 5.82 Å². The average molecular weight is 456 g/mol. The van der Waals surface area contributed by atoms with Gasteiger partial charge < -0.3 is 10.6 Å². The summed E-state index contributed by atoms with van der Waals surface area (Å²) < 4.78 is 0. The van der Waals surface area contributed by atoms with E-state index in [2.05, 4.69) is 40.6 Å². The minimum absolute atomic E-state index is 0.464. The fraction of sp³-hybridized carbons (Fsp3) is 0.409. The van der Waals surface area contributed by atoms with Crippen molar-refractivity contribution in [3.05, 3.63) is 41.5 Å². The van der Waals surface area contributed by atoms with E-state index >= 15 is 0 Å². The SMILES string of the molecule is CCC1=C(Cl)c2c(nc(Sc3cnc4nccnc4c3)nc2N(CCN)CC(C)C)C1. The summed E-state index contributed by atoms with van der Waals surface area (Å²) in [6, 6.07) is 1.96. The van der Waals surface area contributed by atoms with Crippen LogP contribution < -0.4 is 10.6 Å². The minimum atomic E-state index is 0.464. The first kappa shape index (κ1) is 21.9. The normalized spacial score (nSPS) is 13.4. The second kappa shape index (κ2) is 9.46. The number of hydrogen-bond acceptors (Lipinski definition) is 8. The van der Waals surface area contributed by atoms with Crippen molar-refractivity contribution < 1.29 is 0 Å². The van der Waals surface area contributed by atoms with Gasteiger partial charge in [0.15, 0.2) is 10.8 Å². The maximum atomic E-state index is 6.78. The van der Waals surface area contributed by atoms with Gasteiger partial charge in [0.25, 0.3) is 0 Å². The molecule has 162 valence electrons. The summed E-state index contributed by atoms with van der Waals surface area (Å²) in [5, 5.41) is 1.46. The predicted octanol–water partition coefficient (Wildman–Crippen LogP) is 4.30. The summed E-state index contributed by atoms with van der Waals surface area (Å²) in [4.78, 5) is 26.0. The first-order valence-corrected chi connectivity index (χ1v) is 11.7. The standard InChI is InChI=1S/C22H26ClN7S/c1-4-14-9-16-18(19(14)23)21(30(8-5-24)12-13(2)3)29-22(28-16)31-15-10-17-20(27-11-15)26-7-6-25-17/h6-7,10-11,13H,4-5,8-9,12,24H2,1-3H3. The van der Waals surface area contributed by atoms with Crippen molar-refractivity contribution in [2.45, 2.75) is 43.7 Å². The van der Waals surface area contributed by atoms with E-state index < -0.39 is 0 Å². The number of anilines is 1. The molecular weight excluding hydrogens is 430 g/mol. The van der Waals surface area contributed by atoms with Gasteiger partial charge in [-0.2, -0.15) is 0 Å². The van der Waals surface area contributed by atoms with E-state index in [1.165, 1.54) is 17.3 Å². The van der Waals surface area contributed by atoms with E-state index in [1.54, 1.807) is 18.6 Å². The third-order valence-corrected chi connectivity index (χ3v) is 6.35. The van der Waals surface area contributed by atoms with Gasteiger partial charge in [-0.3, -0.25) is 4.98 Å². The molecule has 7 nitrogen and oxygen atoms in total. The average Bonchev–Trinajstić information content (AvgIpc) is 3.08. The molecule has 1 aliphatic carbocycles. The van der Waals surface area contributed by atoms with Crippen LogP contribution >= 0.6 is 23.4 Å². The number of allylic oxidation sites excluding steroid dienone is 1. The van der Waals surface area contributed by atoms with Crippen molar-refractivity contribution in [2.24, 2.45) is 11.7 Å². The van der Waals surface area contributed by atoms with E-state index in [9.17, 15) is 0 Å². The molecule has 0 aliphatic heterocycles. The molecule has 2 N–H and O–H groups in total. The zero-order chi connectivity index (χ0) is 22.0. The molecule has 0 bridgehead atoms. The third kappa shape index (κ3) is 4.66. The topological polar surface area (TPSA) is 93.7 Å². The summed E-state index contributed by atoms with van der Waals surface area (Å²) >= 11 is 8.26. The number of nitrogens with two attached hydrogens (primary N) is 1. The van der Waals surface area contributed by atoms with Crippen molar-refractivity contribution >= 4 is 45.4 Å². The van der Waals surface area contributed by atoms with Crippen molar-refractivity contribution in [1.29, 1.82) is 0 Å². The number of nitrogens with zero attached hydrogens (tertiary/aromatic N) is 6. The molecule has 3 aromatic rings. The molecule has 3 aromatic heterocycles. The van der Waals surface area contributed by atoms with Gasteiger partial charge >= 0.3 is 0 Å². The summed E-state index contributed by atoms with van der Waals surface area (Å²) in [5.41, 5.74) is 10.4. The van der Waals surface area contributed by atoms with Gasteiger partial charge in [0.2, 0.25) is 0 Å². The van der Waals surface area contributed by atoms with Crippen LogP contribution in [0, 0.1) is 5.92 Å². The lowest BCUT2D eigenvalue weighted by Gasteiger charge is -2.27. The van der Waals surface area contributed by atoms with Crippen molar-refractivity contribution in [1.82, 2.24) is 24.9 Å². The Morgan fingerprint density at radius 1 is 1.19 bits per heavy atom. The lowest BCUT2D eigenvalue weighted by Crippen LogP contribution is -2.34. The highest BCUT2D eigenvalue weighted by atomic mass is 35.5. The van der Waals surface area contributed by atoms with Crippen LogP contribution in [0.15, 0.2) is 40.3 Å². The molecule has 0 atom stereocenters. The smallest absolute Gasteiger partial charge is 0.194 e. The van der Waals surface area contributed by atoms with Crippen LogP contribution in [-0.2, 0) is 6.42 Å². The van der Waals surface area contributed by atoms with Gasteiger partial charge in [-0.25, -0.2) is 19.9 Å². The monoisotopic (exact) mass is 455 g/mol. The quantitative estimate of drug-likeness (QED) is 0.502. The number of hydrogen-bond donors (Lipinski definition) is 1. The van der Waals surface area contributed by atoms with Crippen molar-refractivity contribution in [2.75, 3.05) is 24.5 Å². The van der Waals surface area contributed by atoms with Gasteiger partial charge in [0.1, 0.15) is 11.3 Å². The Kier molecular flexibility index (Phi) is 6.69. The highest BCUT2D eigenvalue weighted by Gasteiger charge is 2.28. The van der Waals surface area contributed by atoms with Gasteiger partial charge in [-0.05, 0) is 35.7 Å². The van der Waals surface area contributed by atoms with E-state index in [0.717, 1.165) is 51.9 Å². The number of pyridine rings is 1. The molecule has 0 aromatic carbocycles. The Bertz CT molecular complexity index is 1130. The van der Waals surface area contributed by atoms with E-state index in [0.29, 0.717) is 29.8 Å². The largest absolute Gasteiger partial charge is 0.354 e. The Morgan fingerprint density at radius 3 is 2.74 bits per heavy atom. The summed E-state index contributed by atoms with van der Waals surface area (Å²) in [6.45, 7) is 8.62. The highest BCUT2D eigenvalue weighted by molar-refractivity contribution is 7.99. The molecule has 0 unspecified atom stereocenters. The zero-order valence-corrected chi connectivity index (χ0v) is 19.5. The molecular formula is C22H26ClN7S. The summed E-state index contributed by atoms with van der Waals surface area (Å²) in [5.74, 6) is 1.33. The fourth-order valence-electron chi connectivity index (χ4n) is 3.72. The number of halogens is 1. The lowest BCUT2D eigenvalue weighted by molar-refractivity contribution is 0.604. The molecule has 0 spiro atoms. The maximum absolute atomic E-state index is 6.78. The molecule has 0 saturated heterocycles. The minimum Gasteiger partial charge on any atom is -0.354 e. The Balaban J connectivity index is 1.76. The number of rotatable bonds is 8. The van der Waals surface area contributed by atoms with Gasteiger partial charge in [0, 0.05) is 49.5 Å².